The fraction of sp³-hybridized carbons (Fsp3) is 0.615. The van der Waals surface area contributed by atoms with E-state index >= 15 is 0 Å². The lowest BCUT2D eigenvalue weighted by Gasteiger charge is -2.17. The maximum Gasteiger partial charge on any atom is 0.341 e. The summed E-state index contributed by atoms with van der Waals surface area (Å²) in [6, 6.07) is 2.09. The zero-order chi connectivity index (χ0) is 13.7. The second-order valence-electron chi connectivity index (χ2n) is 4.72. The van der Waals surface area contributed by atoms with Gasteiger partial charge >= 0.3 is 5.97 Å². The highest BCUT2D eigenvalue weighted by molar-refractivity contribution is 5.90. The van der Waals surface area contributed by atoms with Gasteiger partial charge in [0.05, 0.1) is 13.7 Å². The van der Waals surface area contributed by atoms with E-state index in [9.17, 15) is 4.79 Å². The SMILES string of the molecule is COC(=O)c1cc(CNC(C)CN(C)C)oc1C. The maximum atomic E-state index is 11.4. The third-order valence-electron chi connectivity index (χ3n) is 2.64. The number of ether oxygens (including phenoxy) is 1. The molecule has 18 heavy (non-hydrogen) atoms. The number of hydrogen-bond donors (Lipinski definition) is 1. The summed E-state index contributed by atoms with van der Waals surface area (Å²) in [5.74, 6) is 0.987. The first-order chi connectivity index (χ1) is 8.43. The Morgan fingerprint density at radius 1 is 1.56 bits per heavy atom. The Morgan fingerprint density at radius 3 is 2.78 bits per heavy atom. The van der Waals surface area contributed by atoms with Crippen molar-refractivity contribution in [2.24, 2.45) is 0 Å². The van der Waals surface area contributed by atoms with Crippen molar-refractivity contribution < 1.29 is 13.9 Å². The summed E-state index contributed by atoms with van der Waals surface area (Å²) in [4.78, 5) is 13.5. The van der Waals surface area contributed by atoms with Gasteiger partial charge in [0.25, 0.3) is 0 Å². The van der Waals surface area contributed by atoms with Crippen LogP contribution in [0.3, 0.4) is 0 Å². The topological polar surface area (TPSA) is 54.7 Å². The van der Waals surface area contributed by atoms with E-state index in [0.29, 0.717) is 23.9 Å². The summed E-state index contributed by atoms with van der Waals surface area (Å²) < 4.78 is 10.2. The van der Waals surface area contributed by atoms with Crippen molar-refractivity contribution in [2.45, 2.75) is 26.4 Å². The number of furan rings is 1. The molecule has 1 atom stereocenters. The lowest BCUT2D eigenvalue weighted by atomic mass is 10.2. The minimum absolute atomic E-state index is 0.354. The molecule has 1 heterocycles. The summed E-state index contributed by atoms with van der Waals surface area (Å²) >= 11 is 0. The van der Waals surface area contributed by atoms with Crippen LogP contribution in [0.4, 0.5) is 0 Å². The molecule has 0 fully saturated rings. The molecule has 0 radical (unpaired) electrons. The van der Waals surface area contributed by atoms with Gasteiger partial charge in [-0.3, -0.25) is 0 Å². The Kier molecular flexibility index (Phi) is 5.37. The normalized spacial score (nSPS) is 12.8. The maximum absolute atomic E-state index is 11.4. The third-order valence-corrected chi connectivity index (χ3v) is 2.64. The van der Waals surface area contributed by atoms with Gasteiger partial charge in [-0.05, 0) is 34.0 Å². The molecule has 1 aromatic rings. The number of esters is 1. The highest BCUT2D eigenvalue weighted by atomic mass is 16.5. The second-order valence-corrected chi connectivity index (χ2v) is 4.72. The van der Waals surface area contributed by atoms with E-state index in [1.807, 2.05) is 14.1 Å². The Hall–Kier alpha value is -1.33. The molecule has 0 aromatic carbocycles. The van der Waals surface area contributed by atoms with Crippen LogP contribution in [0.25, 0.3) is 0 Å². The molecule has 1 rings (SSSR count). The Morgan fingerprint density at radius 2 is 2.22 bits per heavy atom. The number of hydrogen-bond acceptors (Lipinski definition) is 5. The van der Waals surface area contributed by atoms with Crippen molar-refractivity contribution in [2.75, 3.05) is 27.7 Å². The predicted octanol–water partition coefficient (Wildman–Crippen LogP) is 1.41. The molecule has 5 nitrogen and oxygen atoms in total. The van der Waals surface area contributed by atoms with E-state index in [-0.39, 0.29) is 5.97 Å². The van der Waals surface area contributed by atoms with Crippen molar-refractivity contribution >= 4 is 5.97 Å². The van der Waals surface area contributed by atoms with E-state index in [4.69, 9.17) is 4.42 Å². The largest absolute Gasteiger partial charge is 0.465 e. The Labute approximate surface area is 108 Å². The van der Waals surface area contributed by atoms with Crippen molar-refractivity contribution in [3.63, 3.8) is 0 Å². The van der Waals surface area contributed by atoms with Crippen LogP contribution in [0.5, 0.6) is 0 Å². The third kappa shape index (κ3) is 4.16. The van der Waals surface area contributed by atoms with E-state index in [0.717, 1.165) is 12.3 Å². The molecule has 5 heteroatoms. The highest BCUT2D eigenvalue weighted by Crippen LogP contribution is 2.15. The zero-order valence-electron chi connectivity index (χ0n) is 11.7. The van der Waals surface area contributed by atoms with Crippen LogP contribution in [0.15, 0.2) is 10.5 Å². The Bertz CT molecular complexity index is 399. The standard InChI is InChI=1S/C13H22N2O3/c1-9(8-15(3)4)14-7-11-6-12(10(2)18-11)13(16)17-5/h6,9,14H,7-8H2,1-5H3. The lowest BCUT2D eigenvalue weighted by Crippen LogP contribution is -2.35. The monoisotopic (exact) mass is 254 g/mol. The van der Waals surface area contributed by atoms with Crippen molar-refractivity contribution in [1.82, 2.24) is 10.2 Å². The summed E-state index contributed by atoms with van der Waals surface area (Å²) in [7, 11) is 5.43. The molecule has 0 aliphatic rings. The summed E-state index contributed by atoms with van der Waals surface area (Å²) in [5, 5.41) is 3.34. The smallest absolute Gasteiger partial charge is 0.341 e. The first-order valence-electron chi connectivity index (χ1n) is 5.99. The van der Waals surface area contributed by atoms with E-state index in [1.165, 1.54) is 7.11 Å². The fourth-order valence-corrected chi connectivity index (χ4v) is 1.83. The molecule has 0 aliphatic heterocycles. The molecule has 0 saturated heterocycles. The van der Waals surface area contributed by atoms with E-state index in [2.05, 4.69) is 21.9 Å². The van der Waals surface area contributed by atoms with Gasteiger partial charge in [0, 0.05) is 12.6 Å². The molecule has 0 aliphatic carbocycles. The van der Waals surface area contributed by atoms with Gasteiger partial charge in [0.2, 0.25) is 0 Å². The van der Waals surface area contributed by atoms with Crippen LogP contribution in [0, 0.1) is 6.92 Å². The molecule has 0 spiro atoms. The van der Waals surface area contributed by atoms with Crippen LogP contribution in [-0.4, -0.2) is 44.7 Å². The van der Waals surface area contributed by atoms with Gasteiger partial charge in [-0.15, -0.1) is 0 Å². The Balaban J connectivity index is 2.56. The molecule has 102 valence electrons. The predicted molar refractivity (Wildman–Crippen MR) is 69.6 cm³/mol. The molecule has 0 amide bonds. The van der Waals surface area contributed by atoms with Gasteiger partial charge < -0.3 is 19.4 Å². The number of likely N-dealkylation sites (N-methyl/N-ethyl adjacent to an activating group) is 1. The van der Waals surface area contributed by atoms with Gasteiger partial charge in [0.1, 0.15) is 17.1 Å². The fourth-order valence-electron chi connectivity index (χ4n) is 1.83. The summed E-state index contributed by atoms with van der Waals surface area (Å²) in [6.45, 7) is 5.42. The molecule has 0 saturated carbocycles. The van der Waals surface area contributed by atoms with Gasteiger partial charge in [-0.2, -0.15) is 0 Å². The minimum atomic E-state index is -0.358. The highest BCUT2D eigenvalue weighted by Gasteiger charge is 2.15. The van der Waals surface area contributed by atoms with Crippen LogP contribution in [0.1, 0.15) is 28.8 Å². The molecular formula is C13H22N2O3. The average Bonchev–Trinajstić information content (AvgIpc) is 2.66. The molecule has 1 unspecified atom stereocenters. The number of nitrogens with one attached hydrogen (secondary N) is 1. The van der Waals surface area contributed by atoms with Crippen molar-refractivity contribution in [1.29, 1.82) is 0 Å². The number of methoxy groups -OCH3 is 1. The minimum Gasteiger partial charge on any atom is -0.465 e. The number of carbonyl (C=O) groups is 1. The van der Waals surface area contributed by atoms with Gasteiger partial charge in [-0.1, -0.05) is 0 Å². The van der Waals surface area contributed by atoms with Crippen molar-refractivity contribution in [3.8, 4) is 0 Å². The van der Waals surface area contributed by atoms with Gasteiger partial charge in [0.15, 0.2) is 0 Å². The first kappa shape index (κ1) is 14.7. The number of rotatable bonds is 6. The number of carbonyl (C=O) groups excluding carboxylic acids is 1. The van der Waals surface area contributed by atoms with Crippen molar-refractivity contribution in [3.05, 3.63) is 23.2 Å². The van der Waals surface area contributed by atoms with Crippen LogP contribution in [-0.2, 0) is 11.3 Å². The summed E-state index contributed by atoms with van der Waals surface area (Å²) in [5.41, 5.74) is 0.495. The average molecular weight is 254 g/mol. The number of aryl methyl sites for hydroxylation is 1. The van der Waals surface area contributed by atoms with Crippen LogP contribution in [0.2, 0.25) is 0 Å². The van der Waals surface area contributed by atoms with Crippen LogP contribution < -0.4 is 5.32 Å². The second kappa shape index (κ2) is 6.56. The quantitative estimate of drug-likeness (QED) is 0.778. The van der Waals surface area contributed by atoms with E-state index < -0.39 is 0 Å². The number of nitrogens with zero attached hydrogens (tertiary/aromatic N) is 1. The summed E-state index contributed by atoms with van der Waals surface area (Å²) in [6.07, 6.45) is 0. The van der Waals surface area contributed by atoms with Gasteiger partial charge in [-0.25, -0.2) is 4.79 Å². The van der Waals surface area contributed by atoms with Crippen LogP contribution >= 0.6 is 0 Å². The molecule has 1 aromatic heterocycles. The lowest BCUT2D eigenvalue weighted by molar-refractivity contribution is 0.0599. The van der Waals surface area contributed by atoms with E-state index in [1.54, 1.807) is 13.0 Å². The molecule has 0 bridgehead atoms. The zero-order valence-corrected chi connectivity index (χ0v) is 11.7. The molecule has 1 N–H and O–H groups in total. The molecular weight excluding hydrogens is 232 g/mol. The first-order valence-corrected chi connectivity index (χ1v) is 5.99.